The van der Waals surface area contributed by atoms with E-state index >= 15 is 0 Å². The minimum absolute atomic E-state index is 0.0292. The Hall–Kier alpha value is -3.77. The molecule has 174 valence electrons. The standard InChI is InChI=1S/C27H26ClN3O3/c1-29(2)20-10-8-17(9-11-20)24-23(25(32)18-6-5-7-19(28)16-18)26(33)27(34)31(24)22-14-12-21(13-15-22)30(3)4/h5-16,24,32H,1-4H3/b25-23-. The topological polar surface area (TPSA) is 64.1 Å². The van der Waals surface area contributed by atoms with Crippen molar-refractivity contribution in [2.24, 2.45) is 0 Å². The maximum Gasteiger partial charge on any atom is 0.300 e. The Morgan fingerprint density at radius 3 is 1.94 bits per heavy atom. The number of anilines is 3. The molecule has 0 saturated carbocycles. The Kier molecular flexibility index (Phi) is 6.35. The molecule has 6 nitrogen and oxygen atoms in total. The smallest absolute Gasteiger partial charge is 0.300 e. The molecule has 1 amide bonds. The summed E-state index contributed by atoms with van der Waals surface area (Å²) in [6.07, 6.45) is 0. The molecular weight excluding hydrogens is 450 g/mol. The number of Topliss-reactive ketones (excluding diaryl/α,β-unsaturated/α-hetero) is 1. The minimum atomic E-state index is -0.791. The zero-order chi connectivity index (χ0) is 24.6. The lowest BCUT2D eigenvalue weighted by Crippen LogP contribution is -2.29. The normalized spacial score (nSPS) is 17.2. The molecular formula is C27H26ClN3O3. The van der Waals surface area contributed by atoms with E-state index in [1.165, 1.54) is 4.90 Å². The van der Waals surface area contributed by atoms with Gasteiger partial charge in [-0.2, -0.15) is 0 Å². The van der Waals surface area contributed by atoms with Gasteiger partial charge in [-0.25, -0.2) is 0 Å². The maximum atomic E-state index is 13.3. The van der Waals surface area contributed by atoms with E-state index < -0.39 is 17.7 Å². The molecule has 1 N–H and O–H groups in total. The van der Waals surface area contributed by atoms with E-state index in [0.717, 1.165) is 11.4 Å². The van der Waals surface area contributed by atoms with Crippen LogP contribution >= 0.6 is 11.6 Å². The molecule has 0 spiro atoms. The molecule has 0 radical (unpaired) electrons. The van der Waals surface area contributed by atoms with Gasteiger partial charge in [0.05, 0.1) is 11.6 Å². The van der Waals surface area contributed by atoms with E-state index in [9.17, 15) is 14.7 Å². The Bertz CT molecular complexity index is 1270. The van der Waals surface area contributed by atoms with Crippen LogP contribution in [0.1, 0.15) is 17.2 Å². The van der Waals surface area contributed by atoms with Gasteiger partial charge in [0.2, 0.25) is 0 Å². The summed E-state index contributed by atoms with van der Waals surface area (Å²) in [6.45, 7) is 0. The Balaban J connectivity index is 1.90. The van der Waals surface area contributed by atoms with Crippen molar-refractivity contribution in [3.63, 3.8) is 0 Å². The molecule has 1 saturated heterocycles. The molecule has 0 bridgehead atoms. The second kappa shape index (κ2) is 9.23. The summed E-state index contributed by atoms with van der Waals surface area (Å²) in [5.74, 6) is -1.69. The predicted molar refractivity (Wildman–Crippen MR) is 138 cm³/mol. The van der Waals surface area contributed by atoms with E-state index in [2.05, 4.69) is 0 Å². The van der Waals surface area contributed by atoms with Crippen molar-refractivity contribution in [3.8, 4) is 0 Å². The fourth-order valence-corrected chi connectivity index (χ4v) is 4.26. The monoisotopic (exact) mass is 475 g/mol. The number of carbonyl (C=O) groups excluding carboxylic acids is 2. The molecule has 0 aliphatic carbocycles. The first-order valence-corrected chi connectivity index (χ1v) is 11.2. The molecule has 3 aromatic carbocycles. The van der Waals surface area contributed by atoms with Crippen LogP contribution in [-0.2, 0) is 9.59 Å². The van der Waals surface area contributed by atoms with Gasteiger partial charge in [0.15, 0.2) is 0 Å². The van der Waals surface area contributed by atoms with Crippen molar-refractivity contribution in [2.75, 3.05) is 42.9 Å². The van der Waals surface area contributed by atoms with Crippen molar-refractivity contribution >= 4 is 46.1 Å². The van der Waals surface area contributed by atoms with Gasteiger partial charge in [-0.3, -0.25) is 14.5 Å². The third-order valence-corrected chi connectivity index (χ3v) is 6.15. The fourth-order valence-electron chi connectivity index (χ4n) is 4.07. The molecule has 34 heavy (non-hydrogen) atoms. The van der Waals surface area contributed by atoms with E-state index in [0.29, 0.717) is 21.8 Å². The summed E-state index contributed by atoms with van der Waals surface area (Å²) < 4.78 is 0. The Labute approximate surface area is 204 Å². The lowest BCUT2D eigenvalue weighted by atomic mass is 9.95. The van der Waals surface area contributed by atoms with Crippen molar-refractivity contribution in [1.82, 2.24) is 0 Å². The molecule has 1 aliphatic heterocycles. The summed E-state index contributed by atoms with van der Waals surface area (Å²) in [7, 11) is 7.73. The third-order valence-electron chi connectivity index (χ3n) is 5.91. The summed E-state index contributed by atoms with van der Waals surface area (Å²) in [5.41, 5.74) is 3.63. The second-order valence-electron chi connectivity index (χ2n) is 8.58. The van der Waals surface area contributed by atoms with Crippen LogP contribution in [-0.4, -0.2) is 45.0 Å². The first-order valence-electron chi connectivity index (χ1n) is 10.8. The third kappa shape index (κ3) is 4.24. The van der Waals surface area contributed by atoms with Crippen LogP contribution in [0, 0.1) is 0 Å². The molecule has 1 atom stereocenters. The van der Waals surface area contributed by atoms with Gasteiger partial charge in [0.25, 0.3) is 11.7 Å². The van der Waals surface area contributed by atoms with Crippen LogP contribution in [0.4, 0.5) is 17.1 Å². The SMILES string of the molecule is CN(C)c1ccc(C2/C(=C(/O)c3cccc(Cl)c3)C(=O)C(=O)N2c2ccc(N(C)C)cc2)cc1. The number of benzene rings is 3. The molecule has 1 aliphatic rings. The number of aliphatic hydroxyl groups is 1. The highest BCUT2D eigenvalue weighted by Gasteiger charge is 2.47. The largest absolute Gasteiger partial charge is 0.507 e. The highest BCUT2D eigenvalue weighted by molar-refractivity contribution is 6.51. The second-order valence-corrected chi connectivity index (χ2v) is 9.01. The molecule has 0 aromatic heterocycles. The number of hydrogen-bond donors (Lipinski definition) is 1. The zero-order valence-electron chi connectivity index (χ0n) is 19.5. The van der Waals surface area contributed by atoms with Gasteiger partial charge in [0, 0.05) is 55.8 Å². The van der Waals surface area contributed by atoms with Crippen molar-refractivity contribution < 1.29 is 14.7 Å². The first-order chi connectivity index (χ1) is 16.2. The van der Waals surface area contributed by atoms with Crippen LogP contribution in [0.15, 0.2) is 78.4 Å². The first kappa shape index (κ1) is 23.4. The quantitative estimate of drug-likeness (QED) is 0.316. The number of halogens is 1. The molecule has 1 heterocycles. The molecule has 4 rings (SSSR count). The fraction of sp³-hybridized carbons (Fsp3) is 0.185. The molecule has 1 unspecified atom stereocenters. The van der Waals surface area contributed by atoms with Gasteiger partial charge in [-0.15, -0.1) is 0 Å². The number of ketones is 1. The lowest BCUT2D eigenvalue weighted by molar-refractivity contribution is -0.132. The lowest BCUT2D eigenvalue weighted by Gasteiger charge is -2.26. The average Bonchev–Trinajstić information content (AvgIpc) is 3.09. The van der Waals surface area contributed by atoms with Crippen molar-refractivity contribution in [2.45, 2.75) is 6.04 Å². The summed E-state index contributed by atoms with van der Waals surface area (Å²) >= 11 is 6.12. The molecule has 1 fully saturated rings. The Morgan fingerprint density at radius 1 is 0.853 bits per heavy atom. The van der Waals surface area contributed by atoms with Crippen LogP contribution in [0.5, 0.6) is 0 Å². The number of hydrogen-bond acceptors (Lipinski definition) is 5. The number of carbonyl (C=O) groups is 2. The molecule has 7 heteroatoms. The van der Waals surface area contributed by atoms with E-state index in [1.807, 2.05) is 74.4 Å². The highest BCUT2D eigenvalue weighted by Crippen LogP contribution is 2.42. The predicted octanol–water partition coefficient (Wildman–Crippen LogP) is 5.10. The summed E-state index contributed by atoms with van der Waals surface area (Å²) in [6, 6.07) is 20.8. The average molecular weight is 476 g/mol. The number of rotatable bonds is 5. The highest BCUT2D eigenvalue weighted by atomic mass is 35.5. The van der Waals surface area contributed by atoms with Gasteiger partial charge in [-0.05, 0) is 54.1 Å². The minimum Gasteiger partial charge on any atom is -0.507 e. The zero-order valence-corrected chi connectivity index (χ0v) is 20.2. The van der Waals surface area contributed by atoms with Crippen molar-refractivity contribution in [3.05, 3.63) is 94.5 Å². The van der Waals surface area contributed by atoms with E-state index in [4.69, 9.17) is 11.6 Å². The van der Waals surface area contributed by atoms with Gasteiger partial charge >= 0.3 is 0 Å². The van der Waals surface area contributed by atoms with Gasteiger partial charge in [-0.1, -0.05) is 35.9 Å². The summed E-state index contributed by atoms with van der Waals surface area (Å²) in [5, 5.41) is 11.6. The molecule has 3 aromatic rings. The van der Waals surface area contributed by atoms with Crippen LogP contribution in [0.2, 0.25) is 5.02 Å². The van der Waals surface area contributed by atoms with E-state index in [1.54, 1.807) is 36.4 Å². The van der Waals surface area contributed by atoms with Gasteiger partial charge in [0.1, 0.15) is 5.76 Å². The van der Waals surface area contributed by atoms with Crippen LogP contribution < -0.4 is 14.7 Å². The Morgan fingerprint density at radius 2 is 1.41 bits per heavy atom. The van der Waals surface area contributed by atoms with Crippen LogP contribution in [0.25, 0.3) is 5.76 Å². The maximum absolute atomic E-state index is 13.3. The number of nitrogens with zero attached hydrogens (tertiary/aromatic N) is 3. The van der Waals surface area contributed by atoms with E-state index in [-0.39, 0.29) is 11.3 Å². The summed E-state index contributed by atoms with van der Waals surface area (Å²) in [4.78, 5) is 31.9. The number of aliphatic hydroxyl groups excluding tert-OH is 1. The van der Waals surface area contributed by atoms with Gasteiger partial charge < -0.3 is 14.9 Å². The number of amides is 1. The van der Waals surface area contributed by atoms with Crippen LogP contribution in [0.3, 0.4) is 0 Å². The van der Waals surface area contributed by atoms with Crippen molar-refractivity contribution in [1.29, 1.82) is 0 Å².